The maximum atomic E-state index is 3.67. The van der Waals surface area contributed by atoms with Gasteiger partial charge in [-0.15, -0.1) is 0 Å². The van der Waals surface area contributed by atoms with E-state index in [1.807, 2.05) is 0 Å². The highest BCUT2D eigenvalue weighted by Gasteiger charge is 2.18. The molecule has 0 radical (unpaired) electrons. The second kappa shape index (κ2) is 9.25. The topological polar surface area (TPSA) is 12.0 Å². The molecule has 1 N–H and O–H groups in total. The number of hydrogen-bond donors (Lipinski definition) is 1. The summed E-state index contributed by atoms with van der Waals surface area (Å²) in [5.41, 5.74) is 0. The molecule has 0 aromatic carbocycles. The van der Waals surface area contributed by atoms with E-state index in [0.717, 1.165) is 17.1 Å². The monoisotopic (exact) mass is 271 g/mol. The van der Waals surface area contributed by atoms with Crippen molar-refractivity contribution in [1.29, 1.82) is 0 Å². The van der Waals surface area contributed by atoms with Gasteiger partial charge in [-0.1, -0.05) is 33.6 Å². The molecule has 0 aromatic heterocycles. The highest BCUT2D eigenvalue weighted by Crippen LogP contribution is 2.31. The average Bonchev–Trinajstić information content (AvgIpc) is 2.32. The van der Waals surface area contributed by atoms with E-state index < -0.39 is 0 Å². The Hall–Kier alpha value is 0.310. The van der Waals surface area contributed by atoms with Gasteiger partial charge in [-0.25, -0.2) is 0 Å². The van der Waals surface area contributed by atoms with Crippen molar-refractivity contribution in [1.82, 2.24) is 5.32 Å². The summed E-state index contributed by atoms with van der Waals surface area (Å²) < 4.78 is 0. The summed E-state index contributed by atoms with van der Waals surface area (Å²) in [4.78, 5) is 0. The summed E-state index contributed by atoms with van der Waals surface area (Å²) in [7, 11) is 0. The van der Waals surface area contributed by atoms with Gasteiger partial charge in [0.15, 0.2) is 0 Å². The van der Waals surface area contributed by atoms with E-state index in [1.165, 1.54) is 50.8 Å². The van der Waals surface area contributed by atoms with Gasteiger partial charge >= 0.3 is 0 Å². The van der Waals surface area contributed by atoms with Crippen LogP contribution in [0.4, 0.5) is 0 Å². The minimum atomic E-state index is 0.693. The summed E-state index contributed by atoms with van der Waals surface area (Å²) >= 11 is 2.20. The Morgan fingerprint density at radius 3 is 2.61 bits per heavy atom. The largest absolute Gasteiger partial charge is 0.313 e. The van der Waals surface area contributed by atoms with E-state index in [0.29, 0.717) is 6.04 Å². The Morgan fingerprint density at radius 2 is 1.94 bits per heavy atom. The van der Waals surface area contributed by atoms with Crippen molar-refractivity contribution in [3.8, 4) is 0 Å². The average molecular weight is 272 g/mol. The fourth-order valence-corrected chi connectivity index (χ4v) is 4.11. The first kappa shape index (κ1) is 16.4. The lowest BCUT2D eigenvalue weighted by molar-refractivity contribution is 0.394. The highest BCUT2D eigenvalue weighted by atomic mass is 32.2. The Kier molecular flexibility index (Phi) is 8.41. The van der Waals surface area contributed by atoms with E-state index >= 15 is 0 Å². The lowest BCUT2D eigenvalue weighted by atomic mass is 9.91. The third-order valence-electron chi connectivity index (χ3n) is 4.01. The first-order chi connectivity index (χ1) is 8.58. The number of thioether (sulfide) groups is 1. The Morgan fingerprint density at radius 1 is 1.17 bits per heavy atom. The zero-order valence-corrected chi connectivity index (χ0v) is 13.7. The summed E-state index contributed by atoms with van der Waals surface area (Å²) in [6.45, 7) is 10.6. The molecule has 0 aliphatic heterocycles. The molecule has 0 spiro atoms. The van der Waals surface area contributed by atoms with Crippen molar-refractivity contribution in [2.24, 2.45) is 11.8 Å². The smallest absolute Gasteiger partial charge is 0.00609 e. The quantitative estimate of drug-likeness (QED) is 0.642. The van der Waals surface area contributed by atoms with Crippen LogP contribution in [-0.4, -0.2) is 23.6 Å². The van der Waals surface area contributed by atoms with E-state index in [1.54, 1.807) is 0 Å². The molecule has 108 valence electrons. The summed E-state index contributed by atoms with van der Waals surface area (Å²) in [6, 6.07) is 0.693. The van der Waals surface area contributed by atoms with E-state index in [4.69, 9.17) is 0 Å². The number of nitrogens with one attached hydrogen (secondary N) is 1. The van der Waals surface area contributed by atoms with Crippen molar-refractivity contribution in [2.45, 2.75) is 77.5 Å². The molecule has 0 heterocycles. The Labute approximate surface area is 119 Å². The van der Waals surface area contributed by atoms with Gasteiger partial charge < -0.3 is 5.32 Å². The van der Waals surface area contributed by atoms with Crippen LogP contribution in [-0.2, 0) is 0 Å². The fourth-order valence-electron chi connectivity index (χ4n) is 2.75. The van der Waals surface area contributed by atoms with Gasteiger partial charge in [-0.2, -0.15) is 11.8 Å². The van der Waals surface area contributed by atoms with E-state index in [-0.39, 0.29) is 0 Å². The van der Waals surface area contributed by atoms with Crippen LogP contribution in [0.25, 0.3) is 0 Å². The van der Waals surface area contributed by atoms with Crippen molar-refractivity contribution in [3.05, 3.63) is 0 Å². The maximum Gasteiger partial charge on any atom is 0.00609 e. The predicted molar refractivity (Wildman–Crippen MR) is 85.4 cm³/mol. The van der Waals surface area contributed by atoms with Crippen LogP contribution in [0.5, 0.6) is 0 Å². The molecule has 3 unspecified atom stereocenters. The number of rotatable bonds is 8. The lowest BCUT2D eigenvalue weighted by Gasteiger charge is -2.26. The number of hydrogen-bond acceptors (Lipinski definition) is 2. The predicted octanol–water partition coefficient (Wildman–Crippen LogP) is 4.71. The van der Waals surface area contributed by atoms with Crippen LogP contribution in [0.15, 0.2) is 0 Å². The molecular formula is C16H33NS. The van der Waals surface area contributed by atoms with Gasteiger partial charge in [0.2, 0.25) is 0 Å². The first-order valence-corrected chi connectivity index (χ1v) is 8.97. The third kappa shape index (κ3) is 7.68. The zero-order chi connectivity index (χ0) is 13.4. The van der Waals surface area contributed by atoms with Gasteiger partial charge in [0.25, 0.3) is 0 Å². The SMILES string of the molecule is CC(C)CCC(C)NCCSC1CCCC(C)C1. The summed E-state index contributed by atoms with van der Waals surface area (Å²) in [6.07, 6.45) is 8.49. The van der Waals surface area contributed by atoms with E-state index in [9.17, 15) is 0 Å². The van der Waals surface area contributed by atoms with Crippen molar-refractivity contribution >= 4 is 11.8 Å². The molecule has 1 nitrogen and oxygen atoms in total. The normalized spacial score (nSPS) is 26.5. The van der Waals surface area contributed by atoms with Crippen LogP contribution in [0, 0.1) is 11.8 Å². The highest BCUT2D eigenvalue weighted by molar-refractivity contribution is 7.99. The van der Waals surface area contributed by atoms with Crippen molar-refractivity contribution in [3.63, 3.8) is 0 Å². The minimum Gasteiger partial charge on any atom is -0.313 e. The molecule has 1 fully saturated rings. The van der Waals surface area contributed by atoms with Crippen LogP contribution >= 0.6 is 11.8 Å². The van der Waals surface area contributed by atoms with Gasteiger partial charge in [0, 0.05) is 23.6 Å². The molecule has 0 aromatic rings. The Bertz CT molecular complexity index is 205. The van der Waals surface area contributed by atoms with Crippen molar-refractivity contribution in [2.75, 3.05) is 12.3 Å². The summed E-state index contributed by atoms with van der Waals surface area (Å²) in [5.74, 6) is 3.10. The Balaban J connectivity index is 1.97. The van der Waals surface area contributed by atoms with Crippen LogP contribution in [0.3, 0.4) is 0 Å². The minimum absolute atomic E-state index is 0.693. The van der Waals surface area contributed by atoms with Gasteiger partial charge in [-0.05, 0) is 44.4 Å². The summed E-state index contributed by atoms with van der Waals surface area (Å²) in [5, 5.41) is 4.61. The molecule has 0 amide bonds. The second-order valence-corrected chi connectivity index (χ2v) is 8.00. The van der Waals surface area contributed by atoms with Crippen molar-refractivity contribution < 1.29 is 0 Å². The van der Waals surface area contributed by atoms with Gasteiger partial charge in [0.05, 0.1) is 0 Å². The molecule has 1 aliphatic carbocycles. The maximum absolute atomic E-state index is 3.67. The molecule has 2 heteroatoms. The molecule has 1 rings (SSSR count). The molecule has 3 atom stereocenters. The van der Waals surface area contributed by atoms with E-state index in [2.05, 4.69) is 44.8 Å². The van der Waals surface area contributed by atoms with Crippen LogP contribution in [0.1, 0.15) is 66.2 Å². The second-order valence-electron chi connectivity index (χ2n) is 6.59. The third-order valence-corrected chi connectivity index (χ3v) is 5.35. The molecular weight excluding hydrogens is 238 g/mol. The van der Waals surface area contributed by atoms with Gasteiger partial charge in [0.1, 0.15) is 0 Å². The zero-order valence-electron chi connectivity index (χ0n) is 12.9. The van der Waals surface area contributed by atoms with Crippen LogP contribution < -0.4 is 5.32 Å². The standard InChI is InChI=1S/C16H33NS/c1-13(2)8-9-15(4)17-10-11-18-16-7-5-6-14(3)12-16/h13-17H,5-12H2,1-4H3. The fraction of sp³-hybridized carbons (Fsp3) is 1.00. The van der Waals surface area contributed by atoms with Crippen LogP contribution in [0.2, 0.25) is 0 Å². The molecule has 18 heavy (non-hydrogen) atoms. The lowest BCUT2D eigenvalue weighted by Crippen LogP contribution is -2.29. The molecule has 0 saturated heterocycles. The van der Waals surface area contributed by atoms with Gasteiger partial charge in [-0.3, -0.25) is 0 Å². The molecule has 1 saturated carbocycles. The molecule has 0 bridgehead atoms. The molecule has 1 aliphatic rings. The first-order valence-electron chi connectivity index (χ1n) is 7.93.